The van der Waals surface area contributed by atoms with Gasteiger partial charge in [0, 0.05) is 0 Å². The highest BCUT2D eigenvalue weighted by molar-refractivity contribution is 5.25. The van der Waals surface area contributed by atoms with Crippen LogP contribution in [0.2, 0.25) is 0 Å². The number of rotatable bonds is 7. The number of halogens is 1. The predicted octanol–water partition coefficient (Wildman–Crippen LogP) is 8.04. The second-order valence-electron chi connectivity index (χ2n) is 9.18. The highest BCUT2D eigenvalue weighted by Crippen LogP contribution is 2.40. The Balaban J connectivity index is 1.33. The summed E-state index contributed by atoms with van der Waals surface area (Å²) in [5.74, 6) is 2.44. The molecular formula is C27H36FN. The van der Waals surface area contributed by atoms with Gasteiger partial charge in [-0.15, -0.1) is 0 Å². The van der Waals surface area contributed by atoms with Gasteiger partial charge in [-0.05, 0) is 98.7 Å². The van der Waals surface area contributed by atoms with E-state index in [-0.39, 0.29) is 0 Å². The Kier molecular flexibility index (Phi) is 8.53. The summed E-state index contributed by atoms with van der Waals surface area (Å²) in [5.41, 5.74) is 3.00. The van der Waals surface area contributed by atoms with Gasteiger partial charge in [-0.2, -0.15) is 9.65 Å². The molecule has 0 aliphatic heterocycles. The van der Waals surface area contributed by atoms with Crippen molar-refractivity contribution in [2.45, 2.75) is 83.5 Å². The van der Waals surface area contributed by atoms with Crippen molar-refractivity contribution in [3.8, 4) is 6.07 Å². The fraction of sp³-hybridized carbons (Fsp3) is 0.593. The van der Waals surface area contributed by atoms with Crippen LogP contribution in [-0.4, -0.2) is 0 Å². The lowest BCUT2D eigenvalue weighted by atomic mass is 9.74. The van der Waals surface area contributed by atoms with Crippen LogP contribution in [0, 0.1) is 29.1 Å². The van der Waals surface area contributed by atoms with E-state index in [0.717, 1.165) is 24.2 Å². The van der Waals surface area contributed by atoms with Crippen LogP contribution in [0.5, 0.6) is 0 Å². The molecular weight excluding hydrogens is 357 g/mol. The van der Waals surface area contributed by atoms with Gasteiger partial charge in [0.2, 0.25) is 0 Å². The van der Waals surface area contributed by atoms with Crippen LogP contribution >= 0.6 is 0 Å². The molecule has 0 atom stereocenters. The summed E-state index contributed by atoms with van der Waals surface area (Å²) < 4.78 is 12.8. The first kappa shape index (κ1) is 21.8. The van der Waals surface area contributed by atoms with Gasteiger partial charge in [0.15, 0.2) is 5.83 Å². The molecule has 2 aliphatic carbocycles. The van der Waals surface area contributed by atoms with Gasteiger partial charge in [-0.25, -0.2) is 0 Å². The predicted molar refractivity (Wildman–Crippen MR) is 119 cm³/mol. The van der Waals surface area contributed by atoms with Crippen LogP contribution in [0.15, 0.2) is 48.3 Å². The molecule has 1 aromatic carbocycles. The van der Waals surface area contributed by atoms with Crippen molar-refractivity contribution in [1.29, 1.82) is 5.26 Å². The molecule has 2 saturated carbocycles. The minimum Gasteiger partial charge on any atom is -0.195 e. The van der Waals surface area contributed by atoms with E-state index in [1.54, 1.807) is 11.6 Å². The SMILES string of the molecule is CCc1ccc([C@H]2CC[C@H](CC[C@H]3CC[C@H](/C=C/C=C(\F)C#N)CC3)CC2)cc1. The van der Waals surface area contributed by atoms with E-state index >= 15 is 0 Å². The Morgan fingerprint density at radius 1 is 0.966 bits per heavy atom. The number of nitriles is 1. The Labute approximate surface area is 176 Å². The van der Waals surface area contributed by atoms with Gasteiger partial charge in [0.05, 0.1) is 0 Å². The zero-order valence-corrected chi connectivity index (χ0v) is 18.0. The van der Waals surface area contributed by atoms with Crippen LogP contribution < -0.4 is 0 Å². The molecule has 0 saturated heterocycles. The lowest BCUT2D eigenvalue weighted by Gasteiger charge is -2.31. The maximum absolute atomic E-state index is 12.8. The number of hydrogen-bond donors (Lipinski definition) is 0. The minimum atomic E-state index is -0.706. The van der Waals surface area contributed by atoms with E-state index in [9.17, 15) is 4.39 Å². The molecule has 0 bridgehead atoms. The minimum absolute atomic E-state index is 0.559. The van der Waals surface area contributed by atoms with E-state index in [1.807, 2.05) is 0 Å². The van der Waals surface area contributed by atoms with Gasteiger partial charge >= 0.3 is 0 Å². The molecule has 2 heteroatoms. The number of nitrogens with zero attached hydrogens (tertiary/aromatic N) is 1. The average Bonchev–Trinajstić information content (AvgIpc) is 2.79. The Hall–Kier alpha value is -1.88. The first-order chi connectivity index (χ1) is 14.2. The quantitative estimate of drug-likeness (QED) is 0.339. The van der Waals surface area contributed by atoms with Gasteiger partial charge in [-0.1, -0.05) is 56.2 Å². The van der Waals surface area contributed by atoms with Crippen molar-refractivity contribution in [3.63, 3.8) is 0 Å². The van der Waals surface area contributed by atoms with E-state index in [4.69, 9.17) is 5.26 Å². The topological polar surface area (TPSA) is 23.8 Å². The summed E-state index contributed by atoms with van der Waals surface area (Å²) in [6, 6.07) is 10.9. The largest absolute Gasteiger partial charge is 0.199 e. The summed E-state index contributed by atoms with van der Waals surface area (Å²) in [7, 11) is 0. The molecule has 156 valence electrons. The van der Waals surface area contributed by atoms with Gasteiger partial charge < -0.3 is 0 Å². The first-order valence-electron chi connectivity index (χ1n) is 11.7. The second-order valence-corrected chi connectivity index (χ2v) is 9.18. The molecule has 0 radical (unpaired) electrons. The molecule has 3 rings (SSSR count). The molecule has 0 aromatic heterocycles. The molecule has 0 spiro atoms. The van der Waals surface area contributed by atoms with Crippen molar-refractivity contribution in [2.24, 2.45) is 17.8 Å². The maximum Gasteiger partial charge on any atom is 0.199 e. The van der Waals surface area contributed by atoms with Crippen LogP contribution in [0.3, 0.4) is 0 Å². The summed E-state index contributed by atoms with van der Waals surface area (Å²) >= 11 is 0. The molecule has 1 aromatic rings. The normalized spacial score (nSPS) is 28.4. The van der Waals surface area contributed by atoms with Gasteiger partial charge in [0.1, 0.15) is 6.07 Å². The number of allylic oxidation sites excluding steroid dienone is 4. The fourth-order valence-electron chi connectivity index (χ4n) is 5.29. The highest BCUT2D eigenvalue weighted by Gasteiger charge is 2.24. The van der Waals surface area contributed by atoms with Crippen molar-refractivity contribution in [3.05, 3.63) is 59.4 Å². The van der Waals surface area contributed by atoms with Gasteiger partial charge in [0.25, 0.3) is 0 Å². The van der Waals surface area contributed by atoms with Crippen LogP contribution in [0.4, 0.5) is 4.39 Å². The lowest BCUT2D eigenvalue weighted by molar-refractivity contribution is 0.246. The highest BCUT2D eigenvalue weighted by atomic mass is 19.1. The van der Waals surface area contributed by atoms with Crippen molar-refractivity contribution < 1.29 is 4.39 Å². The Morgan fingerprint density at radius 2 is 1.55 bits per heavy atom. The monoisotopic (exact) mass is 393 g/mol. The summed E-state index contributed by atoms with van der Waals surface area (Å²) in [6.45, 7) is 2.22. The third-order valence-corrected chi connectivity index (χ3v) is 7.31. The molecule has 0 N–H and O–H groups in total. The fourth-order valence-corrected chi connectivity index (χ4v) is 5.29. The smallest absolute Gasteiger partial charge is 0.195 e. The third-order valence-electron chi connectivity index (χ3n) is 7.31. The third kappa shape index (κ3) is 6.84. The van der Waals surface area contributed by atoms with Crippen molar-refractivity contribution >= 4 is 0 Å². The summed E-state index contributed by atoms with van der Waals surface area (Å²) in [5, 5.41) is 8.44. The zero-order valence-electron chi connectivity index (χ0n) is 18.0. The van der Waals surface area contributed by atoms with Crippen LogP contribution in [0.1, 0.15) is 88.2 Å². The Bertz CT molecular complexity index is 708. The average molecular weight is 394 g/mol. The van der Waals surface area contributed by atoms with Crippen LogP contribution in [0.25, 0.3) is 0 Å². The van der Waals surface area contributed by atoms with E-state index in [1.165, 1.54) is 81.9 Å². The van der Waals surface area contributed by atoms with E-state index in [0.29, 0.717) is 5.92 Å². The second kappa shape index (κ2) is 11.3. The van der Waals surface area contributed by atoms with E-state index in [2.05, 4.69) is 37.3 Å². The van der Waals surface area contributed by atoms with Crippen molar-refractivity contribution in [2.75, 3.05) is 0 Å². The molecule has 0 heterocycles. The molecule has 2 aliphatic rings. The standard InChI is InChI=1S/C27H36FN/c1-2-21-12-16-25(17-13-21)26-18-14-24(15-19-26)11-10-23-8-6-22(7-9-23)4-3-5-27(28)20-29/h3-5,12-13,16-17,22-24,26H,2,6-11,14-15,18-19H2,1H3/b4-3+,27-5-/t22-,23-,24-,26-. The van der Waals surface area contributed by atoms with Gasteiger partial charge in [-0.3, -0.25) is 0 Å². The summed E-state index contributed by atoms with van der Waals surface area (Å²) in [6.07, 6.45) is 19.6. The number of hydrogen-bond acceptors (Lipinski definition) is 1. The van der Waals surface area contributed by atoms with E-state index < -0.39 is 5.83 Å². The molecule has 0 unspecified atom stereocenters. The van der Waals surface area contributed by atoms with Crippen LogP contribution in [-0.2, 0) is 6.42 Å². The maximum atomic E-state index is 12.8. The molecule has 1 nitrogen and oxygen atoms in total. The zero-order chi connectivity index (χ0) is 20.5. The number of benzene rings is 1. The first-order valence-corrected chi connectivity index (χ1v) is 11.7. The Morgan fingerprint density at radius 3 is 2.10 bits per heavy atom. The lowest BCUT2D eigenvalue weighted by Crippen LogP contribution is -2.17. The summed E-state index contributed by atoms with van der Waals surface area (Å²) in [4.78, 5) is 0. The molecule has 2 fully saturated rings. The van der Waals surface area contributed by atoms with Crippen molar-refractivity contribution in [1.82, 2.24) is 0 Å². The molecule has 0 amide bonds. The number of aryl methyl sites for hydroxylation is 1. The molecule has 29 heavy (non-hydrogen) atoms.